The number of alkyl halides is 3. The Hall–Kier alpha value is -2.94. The molecule has 4 nitrogen and oxygen atoms in total. The molecule has 0 saturated heterocycles. The molecule has 0 radical (unpaired) electrons. The van der Waals surface area contributed by atoms with Crippen molar-refractivity contribution in [3.63, 3.8) is 0 Å². The summed E-state index contributed by atoms with van der Waals surface area (Å²) in [6.07, 6.45) is -1.21. The van der Waals surface area contributed by atoms with Crippen molar-refractivity contribution in [2.24, 2.45) is 0 Å². The standard InChI is InChI=1S/C18H14F4N4S/c19-14-6-4-12(5-7-14)10-26-11-16(9-23-26)25-17(27)24-15-3-1-2-13(8-15)18(20,21)22/h1-9,11H,10H2,(H2,24,25,27). The smallest absolute Gasteiger partial charge is 0.332 e. The Morgan fingerprint density at radius 3 is 2.44 bits per heavy atom. The molecule has 0 aliphatic carbocycles. The molecule has 0 spiro atoms. The van der Waals surface area contributed by atoms with Gasteiger partial charge in [0, 0.05) is 11.9 Å². The number of benzene rings is 2. The van der Waals surface area contributed by atoms with E-state index in [1.54, 1.807) is 23.0 Å². The monoisotopic (exact) mass is 394 g/mol. The molecule has 0 aliphatic heterocycles. The Kier molecular flexibility index (Phi) is 5.41. The first-order valence-corrected chi connectivity index (χ1v) is 8.22. The molecule has 9 heteroatoms. The zero-order chi connectivity index (χ0) is 19.4. The fourth-order valence-electron chi connectivity index (χ4n) is 2.36. The molecule has 3 aromatic rings. The molecular formula is C18H14F4N4S. The number of nitrogens with zero attached hydrogens (tertiary/aromatic N) is 2. The summed E-state index contributed by atoms with van der Waals surface area (Å²) in [6.45, 7) is 0.440. The van der Waals surface area contributed by atoms with Crippen molar-refractivity contribution in [3.8, 4) is 0 Å². The quantitative estimate of drug-likeness (QED) is 0.488. The summed E-state index contributed by atoms with van der Waals surface area (Å²) < 4.78 is 52.8. The van der Waals surface area contributed by atoms with Crippen molar-refractivity contribution >= 4 is 28.7 Å². The van der Waals surface area contributed by atoms with Crippen LogP contribution in [-0.2, 0) is 12.7 Å². The van der Waals surface area contributed by atoms with E-state index < -0.39 is 11.7 Å². The van der Waals surface area contributed by atoms with Gasteiger partial charge in [-0.2, -0.15) is 18.3 Å². The predicted octanol–water partition coefficient (Wildman–Crippen LogP) is 4.90. The second kappa shape index (κ2) is 7.75. The van der Waals surface area contributed by atoms with Gasteiger partial charge in [0.2, 0.25) is 0 Å². The molecule has 0 amide bonds. The zero-order valence-electron chi connectivity index (χ0n) is 13.8. The lowest BCUT2D eigenvalue weighted by Crippen LogP contribution is -2.19. The van der Waals surface area contributed by atoms with Crippen LogP contribution < -0.4 is 10.6 Å². The van der Waals surface area contributed by atoms with Crippen molar-refractivity contribution in [2.45, 2.75) is 12.7 Å². The SMILES string of the molecule is Fc1ccc(Cn2cc(NC(=S)Nc3cccc(C(F)(F)F)c3)cn2)cc1. The summed E-state index contributed by atoms with van der Waals surface area (Å²) in [6, 6.07) is 10.8. The van der Waals surface area contributed by atoms with E-state index >= 15 is 0 Å². The molecule has 2 aromatic carbocycles. The molecule has 0 aliphatic rings. The maximum absolute atomic E-state index is 12.9. The van der Waals surface area contributed by atoms with Gasteiger partial charge in [-0.15, -0.1) is 0 Å². The van der Waals surface area contributed by atoms with Crippen molar-refractivity contribution in [1.29, 1.82) is 0 Å². The predicted molar refractivity (Wildman–Crippen MR) is 99.0 cm³/mol. The summed E-state index contributed by atoms with van der Waals surface area (Å²) in [5.74, 6) is -0.312. The highest BCUT2D eigenvalue weighted by Crippen LogP contribution is 2.30. The van der Waals surface area contributed by atoms with Gasteiger partial charge in [-0.1, -0.05) is 18.2 Å². The minimum Gasteiger partial charge on any atom is -0.332 e. The summed E-state index contributed by atoms with van der Waals surface area (Å²) in [5.41, 5.74) is 0.903. The van der Waals surface area contributed by atoms with E-state index in [0.29, 0.717) is 12.2 Å². The summed E-state index contributed by atoms with van der Waals surface area (Å²) in [4.78, 5) is 0. The number of anilines is 2. The average molecular weight is 394 g/mol. The molecule has 0 unspecified atom stereocenters. The normalized spacial score (nSPS) is 11.3. The fraction of sp³-hybridized carbons (Fsp3) is 0.111. The second-order valence-corrected chi connectivity index (χ2v) is 6.12. The molecule has 2 N–H and O–H groups in total. The maximum atomic E-state index is 12.9. The van der Waals surface area contributed by atoms with Crippen molar-refractivity contribution < 1.29 is 17.6 Å². The minimum absolute atomic E-state index is 0.135. The molecule has 27 heavy (non-hydrogen) atoms. The van der Waals surface area contributed by atoms with E-state index in [2.05, 4.69) is 15.7 Å². The highest BCUT2D eigenvalue weighted by atomic mass is 32.1. The molecule has 0 bridgehead atoms. The third-order valence-corrected chi connectivity index (χ3v) is 3.80. The highest BCUT2D eigenvalue weighted by molar-refractivity contribution is 7.80. The Balaban J connectivity index is 1.60. The van der Waals surface area contributed by atoms with Gasteiger partial charge in [-0.3, -0.25) is 4.68 Å². The van der Waals surface area contributed by atoms with Gasteiger partial charge < -0.3 is 10.6 Å². The molecule has 0 fully saturated rings. The Labute approximate surface area is 157 Å². The van der Waals surface area contributed by atoms with Crippen LogP contribution in [0.2, 0.25) is 0 Å². The number of hydrogen-bond donors (Lipinski definition) is 2. The van der Waals surface area contributed by atoms with E-state index in [1.807, 2.05) is 0 Å². The topological polar surface area (TPSA) is 41.9 Å². The molecule has 0 atom stereocenters. The second-order valence-electron chi connectivity index (χ2n) is 5.71. The van der Waals surface area contributed by atoms with E-state index in [1.165, 1.54) is 30.5 Å². The first kappa shape index (κ1) is 18.8. The van der Waals surface area contributed by atoms with Gasteiger partial charge in [-0.25, -0.2) is 4.39 Å². The lowest BCUT2D eigenvalue weighted by molar-refractivity contribution is -0.137. The Bertz CT molecular complexity index is 935. The number of halogens is 4. The number of thiocarbonyl (C=S) groups is 1. The minimum atomic E-state index is -4.42. The lowest BCUT2D eigenvalue weighted by atomic mass is 10.2. The molecular weight excluding hydrogens is 380 g/mol. The van der Waals surface area contributed by atoms with Crippen LogP contribution in [0.25, 0.3) is 0 Å². The molecule has 1 heterocycles. The molecule has 0 saturated carbocycles. The van der Waals surface area contributed by atoms with E-state index in [0.717, 1.165) is 17.7 Å². The lowest BCUT2D eigenvalue weighted by Gasteiger charge is -2.11. The van der Waals surface area contributed by atoms with Gasteiger partial charge in [0.25, 0.3) is 0 Å². The van der Waals surface area contributed by atoms with E-state index in [4.69, 9.17) is 12.2 Å². The van der Waals surface area contributed by atoms with Crippen LogP contribution in [0.5, 0.6) is 0 Å². The number of rotatable bonds is 4. The van der Waals surface area contributed by atoms with Gasteiger partial charge in [0.15, 0.2) is 5.11 Å². The van der Waals surface area contributed by atoms with Crippen molar-refractivity contribution in [3.05, 3.63) is 77.9 Å². The summed E-state index contributed by atoms with van der Waals surface area (Å²) in [7, 11) is 0. The maximum Gasteiger partial charge on any atom is 0.416 e. The Morgan fingerprint density at radius 2 is 1.74 bits per heavy atom. The van der Waals surface area contributed by atoms with E-state index in [9.17, 15) is 17.6 Å². The third-order valence-electron chi connectivity index (χ3n) is 3.60. The highest BCUT2D eigenvalue weighted by Gasteiger charge is 2.30. The fourth-order valence-corrected chi connectivity index (χ4v) is 2.59. The third kappa shape index (κ3) is 5.27. The van der Waals surface area contributed by atoms with Crippen LogP contribution in [0.15, 0.2) is 60.9 Å². The molecule has 140 valence electrons. The first-order valence-electron chi connectivity index (χ1n) is 7.82. The van der Waals surface area contributed by atoms with Gasteiger partial charge in [-0.05, 0) is 48.1 Å². The van der Waals surface area contributed by atoms with Crippen molar-refractivity contribution in [1.82, 2.24) is 9.78 Å². The molecule has 3 rings (SSSR count). The number of nitrogens with one attached hydrogen (secondary N) is 2. The average Bonchev–Trinajstić information content (AvgIpc) is 3.03. The van der Waals surface area contributed by atoms with Crippen LogP contribution in [0, 0.1) is 5.82 Å². The van der Waals surface area contributed by atoms with Crippen LogP contribution in [-0.4, -0.2) is 14.9 Å². The number of hydrogen-bond acceptors (Lipinski definition) is 2. The number of aromatic nitrogens is 2. The van der Waals surface area contributed by atoms with Crippen LogP contribution in [0.1, 0.15) is 11.1 Å². The van der Waals surface area contributed by atoms with E-state index in [-0.39, 0.29) is 16.6 Å². The van der Waals surface area contributed by atoms with Gasteiger partial charge in [0.1, 0.15) is 5.82 Å². The van der Waals surface area contributed by atoms with Crippen LogP contribution >= 0.6 is 12.2 Å². The zero-order valence-corrected chi connectivity index (χ0v) is 14.6. The Morgan fingerprint density at radius 1 is 1.04 bits per heavy atom. The first-order chi connectivity index (χ1) is 12.8. The summed E-state index contributed by atoms with van der Waals surface area (Å²) in [5, 5.41) is 9.87. The molecule has 1 aromatic heterocycles. The summed E-state index contributed by atoms with van der Waals surface area (Å²) >= 11 is 5.13. The van der Waals surface area contributed by atoms with Crippen molar-refractivity contribution in [2.75, 3.05) is 10.6 Å². The van der Waals surface area contributed by atoms with Crippen LogP contribution in [0.3, 0.4) is 0 Å². The van der Waals surface area contributed by atoms with Crippen LogP contribution in [0.4, 0.5) is 28.9 Å². The largest absolute Gasteiger partial charge is 0.416 e. The van der Waals surface area contributed by atoms with Gasteiger partial charge >= 0.3 is 6.18 Å². The van der Waals surface area contributed by atoms with Gasteiger partial charge in [0.05, 0.1) is 24.0 Å².